The first-order chi connectivity index (χ1) is 13.1. The summed E-state index contributed by atoms with van der Waals surface area (Å²) in [5.74, 6) is 1.21. The third-order valence-corrected chi connectivity index (χ3v) is 7.12. The third-order valence-electron chi connectivity index (χ3n) is 4.49. The fourth-order valence-corrected chi connectivity index (χ4v) is 5.41. The molecule has 0 bridgehead atoms. The van der Waals surface area contributed by atoms with Crippen LogP contribution >= 0.6 is 34.3 Å². The Bertz CT molecular complexity index is 1270. The van der Waals surface area contributed by atoms with Gasteiger partial charge in [-0.05, 0) is 30.2 Å². The summed E-state index contributed by atoms with van der Waals surface area (Å²) < 4.78 is 5.54. The maximum atomic E-state index is 6.58. The van der Waals surface area contributed by atoms with E-state index in [0.29, 0.717) is 5.92 Å². The van der Waals surface area contributed by atoms with E-state index in [0.717, 1.165) is 47.5 Å². The molecule has 0 saturated heterocycles. The number of benzene rings is 1. The van der Waals surface area contributed by atoms with Gasteiger partial charge in [-0.15, -0.1) is 11.3 Å². The minimum atomic E-state index is 0.452. The molecule has 0 atom stereocenters. The molecule has 0 aliphatic carbocycles. The van der Waals surface area contributed by atoms with Gasteiger partial charge in [-0.2, -0.15) is 0 Å². The maximum Gasteiger partial charge on any atom is 0.162 e. The summed E-state index contributed by atoms with van der Waals surface area (Å²) in [5.41, 5.74) is 2.92. The lowest BCUT2D eigenvalue weighted by Crippen LogP contribution is -1.86. The minimum Gasteiger partial charge on any atom is -0.462 e. The molecular weight excluding hydrogens is 396 g/mol. The van der Waals surface area contributed by atoms with E-state index in [4.69, 9.17) is 26.0 Å². The van der Waals surface area contributed by atoms with Crippen LogP contribution in [-0.4, -0.2) is 9.97 Å². The van der Waals surface area contributed by atoms with Crippen molar-refractivity contribution in [2.45, 2.75) is 19.8 Å². The number of furan rings is 1. The van der Waals surface area contributed by atoms with Crippen molar-refractivity contribution in [3.05, 3.63) is 58.6 Å². The first-order valence-corrected chi connectivity index (χ1v) is 10.7. The van der Waals surface area contributed by atoms with Crippen molar-refractivity contribution in [3.8, 4) is 21.9 Å². The summed E-state index contributed by atoms with van der Waals surface area (Å²) in [6.07, 6.45) is 1.66. The number of thiophene rings is 1. The average Bonchev–Trinajstić information content (AvgIpc) is 3.38. The van der Waals surface area contributed by atoms with Crippen LogP contribution in [0.3, 0.4) is 0 Å². The Balaban J connectivity index is 1.89. The van der Waals surface area contributed by atoms with Crippen molar-refractivity contribution in [2.75, 3.05) is 0 Å². The molecule has 1 aromatic carbocycles. The van der Waals surface area contributed by atoms with Gasteiger partial charge in [-0.1, -0.05) is 55.0 Å². The fourth-order valence-electron chi connectivity index (χ4n) is 3.16. The predicted molar refractivity (Wildman–Crippen MR) is 115 cm³/mol. The van der Waals surface area contributed by atoms with Gasteiger partial charge in [0.15, 0.2) is 10.8 Å². The summed E-state index contributed by atoms with van der Waals surface area (Å²) in [6.45, 7) is 4.41. The van der Waals surface area contributed by atoms with Crippen LogP contribution in [0.2, 0.25) is 5.02 Å². The SMILES string of the molecule is CC(C)c1cc2c(-c3ccccc3Cl)c3nc(-c4ccco4)sc3nc2s1. The van der Waals surface area contributed by atoms with Crippen LogP contribution in [0.15, 0.2) is 53.1 Å². The highest BCUT2D eigenvalue weighted by molar-refractivity contribution is 7.22. The lowest BCUT2D eigenvalue weighted by Gasteiger charge is -2.07. The largest absolute Gasteiger partial charge is 0.462 e. The van der Waals surface area contributed by atoms with Gasteiger partial charge in [-0.3, -0.25) is 0 Å². The lowest BCUT2D eigenvalue weighted by atomic mass is 10.0. The highest BCUT2D eigenvalue weighted by Crippen LogP contribution is 2.44. The number of thiazole rings is 1. The van der Waals surface area contributed by atoms with E-state index in [1.807, 2.05) is 30.3 Å². The summed E-state index contributed by atoms with van der Waals surface area (Å²) in [5, 5.41) is 2.66. The zero-order chi connectivity index (χ0) is 18.5. The highest BCUT2D eigenvalue weighted by Gasteiger charge is 2.21. The van der Waals surface area contributed by atoms with Crippen molar-refractivity contribution in [1.82, 2.24) is 9.97 Å². The molecule has 6 heteroatoms. The normalized spacial score (nSPS) is 11.9. The van der Waals surface area contributed by atoms with E-state index in [1.54, 1.807) is 28.9 Å². The average molecular weight is 411 g/mol. The summed E-state index contributed by atoms with van der Waals surface area (Å²) in [4.78, 5) is 13.0. The Morgan fingerprint density at radius 2 is 1.85 bits per heavy atom. The molecule has 0 saturated carbocycles. The topological polar surface area (TPSA) is 38.9 Å². The van der Waals surface area contributed by atoms with Gasteiger partial charge in [0.1, 0.15) is 15.2 Å². The van der Waals surface area contributed by atoms with Crippen LogP contribution in [0.4, 0.5) is 0 Å². The molecule has 0 aliphatic rings. The number of rotatable bonds is 3. The number of fused-ring (bicyclic) bond motifs is 2. The summed E-state index contributed by atoms with van der Waals surface area (Å²) in [6, 6.07) is 14.0. The van der Waals surface area contributed by atoms with Gasteiger partial charge in [0, 0.05) is 26.4 Å². The van der Waals surface area contributed by atoms with Crippen LogP contribution < -0.4 is 0 Å². The zero-order valence-electron chi connectivity index (χ0n) is 14.7. The van der Waals surface area contributed by atoms with Crippen molar-refractivity contribution in [3.63, 3.8) is 0 Å². The van der Waals surface area contributed by atoms with E-state index in [2.05, 4.69) is 26.0 Å². The molecule has 4 aromatic heterocycles. The smallest absolute Gasteiger partial charge is 0.162 e. The van der Waals surface area contributed by atoms with Gasteiger partial charge in [0.25, 0.3) is 0 Å². The Hall–Kier alpha value is -2.21. The molecule has 0 spiro atoms. The van der Waals surface area contributed by atoms with Gasteiger partial charge < -0.3 is 4.42 Å². The van der Waals surface area contributed by atoms with Gasteiger partial charge in [0.2, 0.25) is 0 Å². The number of nitrogens with zero attached hydrogens (tertiary/aromatic N) is 2. The van der Waals surface area contributed by atoms with Gasteiger partial charge >= 0.3 is 0 Å². The zero-order valence-corrected chi connectivity index (χ0v) is 17.1. The monoisotopic (exact) mass is 410 g/mol. The number of hydrogen-bond acceptors (Lipinski definition) is 5. The summed E-state index contributed by atoms with van der Waals surface area (Å²) >= 11 is 9.87. The third kappa shape index (κ3) is 2.78. The van der Waals surface area contributed by atoms with Crippen LogP contribution in [0, 0.1) is 0 Å². The maximum absolute atomic E-state index is 6.58. The van der Waals surface area contributed by atoms with Crippen molar-refractivity contribution < 1.29 is 4.42 Å². The van der Waals surface area contributed by atoms with Crippen molar-refractivity contribution in [1.29, 1.82) is 0 Å². The Morgan fingerprint density at radius 3 is 2.59 bits per heavy atom. The Labute approximate surface area is 169 Å². The quantitative estimate of drug-likeness (QED) is 0.307. The molecular formula is C21H15ClN2OS2. The molecule has 0 aliphatic heterocycles. The number of aromatic nitrogens is 2. The minimum absolute atomic E-state index is 0.452. The standard InChI is InChI=1S/C21H15ClN2OS2/c1-11(2)16-10-13-17(12-6-3-4-7-14(12)22)18-21(24-19(13)26-16)27-20(23-18)15-8-5-9-25-15/h3-11H,1-2H3. The van der Waals surface area contributed by atoms with Crippen molar-refractivity contribution in [2.24, 2.45) is 0 Å². The Kier molecular flexibility index (Phi) is 4.04. The second-order valence-corrected chi connectivity index (χ2v) is 9.09. The van der Waals surface area contributed by atoms with Gasteiger partial charge in [-0.25, -0.2) is 9.97 Å². The van der Waals surface area contributed by atoms with Gasteiger partial charge in [0.05, 0.1) is 6.26 Å². The molecule has 3 nitrogen and oxygen atoms in total. The molecule has 0 N–H and O–H groups in total. The number of pyridine rings is 1. The number of halogens is 1. The second-order valence-electron chi connectivity index (χ2n) is 6.64. The van der Waals surface area contributed by atoms with E-state index in [-0.39, 0.29) is 0 Å². The molecule has 134 valence electrons. The molecule has 0 radical (unpaired) electrons. The lowest BCUT2D eigenvalue weighted by molar-refractivity contribution is 0.582. The Morgan fingerprint density at radius 1 is 1.00 bits per heavy atom. The highest BCUT2D eigenvalue weighted by atomic mass is 35.5. The first-order valence-electron chi connectivity index (χ1n) is 8.64. The molecule has 4 heterocycles. The van der Waals surface area contributed by atoms with E-state index < -0.39 is 0 Å². The van der Waals surface area contributed by atoms with Crippen LogP contribution in [0.25, 0.3) is 42.5 Å². The summed E-state index contributed by atoms with van der Waals surface area (Å²) in [7, 11) is 0. The van der Waals surface area contributed by atoms with Crippen LogP contribution in [-0.2, 0) is 0 Å². The fraction of sp³-hybridized carbons (Fsp3) is 0.143. The van der Waals surface area contributed by atoms with Crippen molar-refractivity contribution >= 4 is 54.8 Å². The van der Waals surface area contributed by atoms with Crippen LogP contribution in [0.5, 0.6) is 0 Å². The molecule has 5 rings (SSSR count). The molecule has 27 heavy (non-hydrogen) atoms. The molecule has 0 amide bonds. The number of hydrogen-bond donors (Lipinski definition) is 0. The van der Waals surface area contributed by atoms with Crippen LogP contribution in [0.1, 0.15) is 24.6 Å². The van der Waals surface area contributed by atoms with E-state index >= 15 is 0 Å². The first kappa shape index (κ1) is 16.9. The molecule has 0 fully saturated rings. The molecule has 0 unspecified atom stereocenters. The van der Waals surface area contributed by atoms with E-state index in [1.165, 1.54) is 4.88 Å². The van der Waals surface area contributed by atoms with E-state index in [9.17, 15) is 0 Å². The second kappa shape index (κ2) is 6.44. The predicted octanol–water partition coefficient (Wildman–Crippen LogP) is 7.61. The molecule has 5 aromatic rings.